The molecule has 1 aromatic heterocycles. The summed E-state index contributed by atoms with van der Waals surface area (Å²) < 4.78 is 0.787. The lowest BCUT2D eigenvalue weighted by Crippen LogP contribution is -2.45. The first-order chi connectivity index (χ1) is 14.3. The zero-order chi connectivity index (χ0) is 21.2. The van der Waals surface area contributed by atoms with E-state index < -0.39 is 11.4 Å². The van der Waals surface area contributed by atoms with Crippen LogP contribution >= 0.6 is 27.3 Å². The molecule has 0 saturated heterocycles. The first kappa shape index (κ1) is 19.0. The molecule has 1 atom stereocenters. The fraction of sp³-hybridized carbons (Fsp3) is 0.136. The lowest BCUT2D eigenvalue weighted by Gasteiger charge is -2.32. The number of amides is 2. The quantitative estimate of drug-likeness (QED) is 0.563. The molecule has 2 aliphatic heterocycles. The summed E-state index contributed by atoms with van der Waals surface area (Å²) in [6, 6.07) is 14.6. The molecule has 0 fully saturated rings. The molecule has 2 amide bonds. The summed E-state index contributed by atoms with van der Waals surface area (Å²) in [6.45, 7) is 0. The second kappa shape index (κ2) is 6.52. The first-order valence-electron chi connectivity index (χ1n) is 9.18. The number of aromatic carboxylic acids is 1. The molecule has 3 heterocycles. The zero-order valence-corrected chi connectivity index (χ0v) is 18.1. The predicted octanol–water partition coefficient (Wildman–Crippen LogP) is 4.48. The highest BCUT2D eigenvalue weighted by Gasteiger charge is 2.57. The highest BCUT2D eigenvalue weighted by atomic mass is 79.9. The van der Waals surface area contributed by atoms with Gasteiger partial charge in [-0.15, -0.1) is 11.3 Å². The minimum absolute atomic E-state index is 0.0690. The van der Waals surface area contributed by atoms with E-state index in [9.17, 15) is 19.5 Å². The van der Waals surface area contributed by atoms with Crippen LogP contribution in [0.1, 0.15) is 26.5 Å². The lowest BCUT2D eigenvalue weighted by molar-refractivity contribution is -0.126. The maximum atomic E-state index is 13.6. The van der Waals surface area contributed by atoms with Crippen LogP contribution in [0.25, 0.3) is 11.1 Å². The van der Waals surface area contributed by atoms with Crippen molar-refractivity contribution in [2.75, 3.05) is 17.3 Å². The van der Waals surface area contributed by atoms with Crippen molar-refractivity contribution in [2.24, 2.45) is 0 Å². The number of rotatable bonds is 2. The molecule has 6 nitrogen and oxygen atoms in total. The van der Waals surface area contributed by atoms with E-state index in [1.54, 1.807) is 24.1 Å². The van der Waals surface area contributed by atoms with Gasteiger partial charge in [0.2, 0.25) is 11.8 Å². The molecule has 3 aromatic rings. The molecule has 2 aliphatic rings. The number of halogens is 1. The highest BCUT2D eigenvalue weighted by molar-refractivity contribution is 9.10. The number of hydrogen-bond acceptors (Lipinski definition) is 4. The van der Waals surface area contributed by atoms with Gasteiger partial charge in [-0.2, -0.15) is 0 Å². The van der Waals surface area contributed by atoms with Gasteiger partial charge in [0, 0.05) is 22.8 Å². The number of carbonyl (C=O) groups is 3. The van der Waals surface area contributed by atoms with Gasteiger partial charge in [-0.3, -0.25) is 9.59 Å². The molecule has 30 heavy (non-hydrogen) atoms. The van der Waals surface area contributed by atoms with Gasteiger partial charge in [0.1, 0.15) is 10.3 Å². The van der Waals surface area contributed by atoms with E-state index in [1.807, 2.05) is 36.4 Å². The second-order valence-corrected chi connectivity index (χ2v) is 9.27. The molecule has 1 spiro atoms. The highest BCUT2D eigenvalue weighted by Crippen LogP contribution is 2.57. The van der Waals surface area contributed by atoms with Crippen LogP contribution < -0.4 is 10.2 Å². The van der Waals surface area contributed by atoms with Gasteiger partial charge in [0.25, 0.3) is 0 Å². The van der Waals surface area contributed by atoms with Crippen LogP contribution in [0, 0.1) is 0 Å². The summed E-state index contributed by atoms with van der Waals surface area (Å²) in [5, 5.41) is 12.8. The van der Waals surface area contributed by atoms with E-state index >= 15 is 0 Å². The third-order valence-corrected chi connectivity index (χ3v) is 7.53. The van der Waals surface area contributed by atoms with Gasteiger partial charge >= 0.3 is 5.97 Å². The Kier molecular flexibility index (Phi) is 4.13. The molecular weight excluding hydrogens is 468 g/mol. The minimum atomic E-state index is -1.24. The Labute approximate surface area is 184 Å². The summed E-state index contributed by atoms with van der Waals surface area (Å²) in [5.41, 5.74) is 1.71. The van der Waals surface area contributed by atoms with Crippen LogP contribution in [-0.4, -0.2) is 29.9 Å². The van der Waals surface area contributed by atoms with Crippen molar-refractivity contribution in [3.8, 4) is 11.1 Å². The van der Waals surface area contributed by atoms with Gasteiger partial charge in [-0.05, 0) is 29.3 Å². The molecule has 2 N–H and O–H groups in total. The maximum Gasteiger partial charge on any atom is 0.346 e. The summed E-state index contributed by atoms with van der Waals surface area (Å²) in [4.78, 5) is 40.8. The van der Waals surface area contributed by atoms with E-state index in [2.05, 4.69) is 21.2 Å². The van der Waals surface area contributed by atoms with E-state index in [0.717, 1.165) is 21.5 Å². The number of hydrogen-bond donors (Lipinski definition) is 2. The molecule has 0 aliphatic carbocycles. The molecule has 0 saturated carbocycles. The Balaban J connectivity index is 1.88. The molecule has 0 radical (unpaired) electrons. The van der Waals surface area contributed by atoms with Crippen LogP contribution in [0.5, 0.6) is 0 Å². The Morgan fingerprint density at radius 2 is 1.93 bits per heavy atom. The fourth-order valence-corrected chi connectivity index (χ4v) is 6.10. The molecular formula is C22H15BrN2O4S. The van der Waals surface area contributed by atoms with Gasteiger partial charge in [0.15, 0.2) is 0 Å². The van der Waals surface area contributed by atoms with Crippen molar-refractivity contribution >= 4 is 56.4 Å². The number of carboxylic acids is 1. The normalized spacial score (nSPS) is 19.6. The van der Waals surface area contributed by atoms with E-state index in [4.69, 9.17) is 0 Å². The number of nitrogens with one attached hydrogen (secondary N) is 1. The number of benzene rings is 2. The van der Waals surface area contributed by atoms with Gasteiger partial charge in [-0.25, -0.2) is 4.79 Å². The minimum Gasteiger partial charge on any atom is -0.477 e. The fourth-order valence-electron chi connectivity index (χ4n) is 4.43. The van der Waals surface area contributed by atoms with Crippen molar-refractivity contribution < 1.29 is 19.5 Å². The Morgan fingerprint density at radius 1 is 1.20 bits per heavy atom. The third-order valence-electron chi connectivity index (χ3n) is 5.69. The number of thiophene rings is 1. The van der Waals surface area contributed by atoms with Crippen LogP contribution in [0.4, 0.5) is 11.4 Å². The number of fused-ring (bicyclic) bond motifs is 4. The lowest BCUT2D eigenvalue weighted by atomic mass is 9.74. The molecule has 0 unspecified atom stereocenters. The van der Waals surface area contributed by atoms with E-state index in [0.29, 0.717) is 27.3 Å². The average Bonchev–Trinajstić information content (AvgIpc) is 3.20. The van der Waals surface area contributed by atoms with Crippen LogP contribution in [0.2, 0.25) is 0 Å². The standard InChI is InChI=1S/C22H15BrN2O4S/c1-25-14-8-7-12(23)9-13(14)22(21(25)29)10-15(26)24-17-16(11-5-3-2-4-6-11)18(20(27)28)30-19(17)22/h2-9H,10H2,1H3,(H,24,26)(H,27,28)/t22-/m0/s1. The van der Waals surface area contributed by atoms with E-state index in [-0.39, 0.29) is 23.1 Å². The zero-order valence-electron chi connectivity index (χ0n) is 15.7. The van der Waals surface area contributed by atoms with Crippen molar-refractivity contribution in [1.29, 1.82) is 0 Å². The SMILES string of the molecule is CN1C(=O)[C@@]2(CC(=O)Nc3c2sc(C(=O)O)c3-c2ccccc2)c2cc(Br)ccc21. The van der Waals surface area contributed by atoms with Gasteiger partial charge in [0.05, 0.1) is 17.0 Å². The van der Waals surface area contributed by atoms with Crippen LogP contribution in [0.15, 0.2) is 53.0 Å². The Hall–Kier alpha value is -2.97. The van der Waals surface area contributed by atoms with Gasteiger partial charge in [-0.1, -0.05) is 46.3 Å². The number of carboxylic acid groups (broad SMARTS) is 1. The third kappa shape index (κ3) is 2.44. The Bertz CT molecular complexity index is 1250. The van der Waals surface area contributed by atoms with Gasteiger partial charge < -0.3 is 15.3 Å². The molecule has 5 rings (SSSR count). The Morgan fingerprint density at radius 3 is 2.63 bits per heavy atom. The summed E-state index contributed by atoms with van der Waals surface area (Å²) >= 11 is 4.53. The molecule has 8 heteroatoms. The number of nitrogens with zero attached hydrogens (tertiary/aromatic N) is 1. The number of carbonyl (C=O) groups excluding carboxylic acids is 2. The molecule has 150 valence electrons. The summed E-state index contributed by atoms with van der Waals surface area (Å²) in [5.74, 6) is -1.64. The van der Waals surface area contributed by atoms with E-state index in [1.165, 1.54) is 0 Å². The first-order valence-corrected chi connectivity index (χ1v) is 10.8. The maximum absolute atomic E-state index is 13.6. The largest absolute Gasteiger partial charge is 0.477 e. The second-order valence-electron chi connectivity index (χ2n) is 7.34. The molecule has 0 bridgehead atoms. The topological polar surface area (TPSA) is 86.7 Å². The number of likely N-dealkylation sites (N-methyl/N-ethyl adjacent to an activating group) is 1. The predicted molar refractivity (Wildman–Crippen MR) is 118 cm³/mol. The van der Waals surface area contributed by atoms with Crippen molar-refractivity contribution in [3.63, 3.8) is 0 Å². The van der Waals surface area contributed by atoms with Crippen LogP contribution in [0.3, 0.4) is 0 Å². The monoisotopic (exact) mass is 482 g/mol. The van der Waals surface area contributed by atoms with Crippen molar-refractivity contribution in [2.45, 2.75) is 11.8 Å². The van der Waals surface area contributed by atoms with Crippen molar-refractivity contribution in [3.05, 3.63) is 68.3 Å². The average molecular weight is 483 g/mol. The molecule has 2 aromatic carbocycles. The van der Waals surface area contributed by atoms with Crippen molar-refractivity contribution in [1.82, 2.24) is 0 Å². The smallest absolute Gasteiger partial charge is 0.346 e. The van der Waals surface area contributed by atoms with Crippen LogP contribution in [-0.2, 0) is 15.0 Å². The summed E-state index contributed by atoms with van der Waals surface area (Å²) in [7, 11) is 1.68. The number of anilines is 2. The summed E-state index contributed by atoms with van der Waals surface area (Å²) in [6.07, 6.45) is -0.0690.